The summed E-state index contributed by atoms with van der Waals surface area (Å²) >= 11 is 6.32. The SMILES string of the molecule is [C-]#[N+]c1c(N)nc(N)nc1NCc1c(-c2ccccc2)[nH]c2c(Cl)cccc2c1=O. The molecule has 148 valence electrons. The number of pyridine rings is 1. The van der Waals surface area contributed by atoms with Crippen molar-refractivity contribution >= 4 is 45.8 Å². The van der Waals surface area contributed by atoms with Gasteiger partial charge in [-0.15, -0.1) is 0 Å². The van der Waals surface area contributed by atoms with E-state index in [1.54, 1.807) is 18.2 Å². The third-order valence-corrected chi connectivity index (χ3v) is 4.93. The van der Waals surface area contributed by atoms with Crippen molar-refractivity contribution in [2.75, 3.05) is 16.8 Å². The first-order chi connectivity index (χ1) is 14.5. The maximum absolute atomic E-state index is 13.3. The zero-order chi connectivity index (χ0) is 21.3. The number of anilines is 3. The Balaban J connectivity index is 1.88. The second-order valence-corrected chi connectivity index (χ2v) is 6.87. The Morgan fingerprint density at radius 2 is 1.87 bits per heavy atom. The number of benzene rings is 2. The third-order valence-electron chi connectivity index (χ3n) is 4.62. The fraction of sp³-hybridized carbons (Fsp3) is 0.0476. The normalized spacial score (nSPS) is 10.7. The van der Waals surface area contributed by atoms with Gasteiger partial charge in [-0.2, -0.15) is 0 Å². The maximum atomic E-state index is 13.3. The van der Waals surface area contributed by atoms with E-state index in [9.17, 15) is 4.79 Å². The summed E-state index contributed by atoms with van der Waals surface area (Å²) in [6.07, 6.45) is 0. The standard InChI is InChI=1S/C21H16ClN7O/c1-25-17-19(23)28-21(24)29-20(17)26-10-13-15(11-6-3-2-4-7-11)27-16-12(18(13)30)8-5-9-14(16)22/h2-9H,10H2,(H,27,30)(H5,23,24,26,28,29). The lowest BCUT2D eigenvalue weighted by atomic mass is 10.0. The number of aromatic amines is 1. The van der Waals surface area contributed by atoms with E-state index >= 15 is 0 Å². The molecule has 0 unspecified atom stereocenters. The Labute approximate surface area is 176 Å². The van der Waals surface area contributed by atoms with Crippen LogP contribution in [0.3, 0.4) is 0 Å². The van der Waals surface area contributed by atoms with Crippen molar-refractivity contribution in [1.82, 2.24) is 15.0 Å². The summed E-state index contributed by atoms with van der Waals surface area (Å²) in [5.74, 6) is 0.0759. The Morgan fingerprint density at radius 1 is 1.10 bits per heavy atom. The van der Waals surface area contributed by atoms with Crippen LogP contribution in [0.15, 0.2) is 53.3 Å². The van der Waals surface area contributed by atoms with Gasteiger partial charge in [-0.25, -0.2) is 14.8 Å². The van der Waals surface area contributed by atoms with E-state index in [1.807, 2.05) is 30.3 Å². The molecule has 9 heteroatoms. The summed E-state index contributed by atoms with van der Waals surface area (Å²) in [7, 11) is 0. The van der Waals surface area contributed by atoms with Gasteiger partial charge in [0.2, 0.25) is 5.95 Å². The Hall–Kier alpha value is -4.09. The fourth-order valence-electron chi connectivity index (χ4n) is 3.23. The molecule has 2 heterocycles. The van der Waals surface area contributed by atoms with Crippen molar-refractivity contribution < 1.29 is 0 Å². The quantitative estimate of drug-likeness (QED) is 0.372. The summed E-state index contributed by atoms with van der Waals surface area (Å²) in [6.45, 7) is 7.41. The first kappa shape index (κ1) is 19.2. The molecular weight excluding hydrogens is 402 g/mol. The van der Waals surface area contributed by atoms with Crippen molar-refractivity contribution in [3.05, 3.63) is 80.8 Å². The van der Waals surface area contributed by atoms with Gasteiger partial charge in [0, 0.05) is 17.5 Å². The minimum atomic E-state index is -0.183. The zero-order valence-electron chi connectivity index (χ0n) is 15.6. The summed E-state index contributed by atoms with van der Waals surface area (Å²) in [5, 5.41) is 3.93. The molecule has 4 aromatic rings. The first-order valence-corrected chi connectivity index (χ1v) is 9.30. The summed E-state index contributed by atoms with van der Waals surface area (Å²) in [6, 6.07) is 14.6. The lowest BCUT2D eigenvalue weighted by Crippen LogP contribution is -2.17. The van der Waals surface area contributed by atoms with E-state index in [0.29, 0.717) is 27.2 Å². The number of fused-ring (bicyclic) bond motifs is 1. The van der Waals surface area contributed by atoms with Crippen LogP contribution in [0.4, 0.5) is 23.3 Å². The minimum absolute atomic E-state index is 0.0255. The molecule has 0 aliphatic carbocycles. The largest absolute Gasteiger partial charge is 0.392 e. The summed E-state index contributed by atoms with van der Waals surface area (Å²) < 4.78 is 0. The van der Waals surface area contributed by atoms with Crippen LogP contribution in [0.25, 0.3) is 27.0 Å². The molecule has 0 saturated carbocycles. The molecule has 2 aromatic carbocycles. The van der Waals surface area contributed by atoms with Crippen LogP contribution in [0, 0.1) is 6.57 Å². The molecule has 0 aliphatic heterocycles. The monoisotopic (exact) mass is 417 g/mol. The van der Waals surface area contributed by atoms with Crippen LogP contribution in [0.1, 0.15) is 5.56 Å². The van der Waals surface area contributed by atoms with Gasteiger partial charge in [0.1, 0.15) is 11.6 Å². The van der Waals surface area contributed by atoms with Crippen LogP contribution < -0.4 is 22.2 Å². The number of nitrogens with two attached hydrogens (primary N) is 2. The highest BCUT2D eigenvalue weighted by Crippen LogP contribution is 2.31. The van der Waals surface area contributed by atoms with Crippen molar-refractivity contribution in [3.63, 3.8) is 0 Å². The van der Waals surface area contributed by atoms with Crippen molar-refractivity contribution in [1.29, 1.82) is 0 Å². The lowest BCUT2D eigenvalue weighted by Gasteiger charge is -2.14. The average Bonchev–Trinajstić information content (AvgIpc) is 2.74. The topological polar surface area (TPSA) is 127 Å². The molecule has 6 N–H and O–H groups in total. The van der Waals surface area contributed by atoms with Crippen LogP contribution >= 0.6 is 11.6 Å². The Kier molecular flexibility index (Phi) is 4.96. The average molecular weight is 418 g/mol. The van der Waals surface area contributed by atoms with Crippen LogP contribution in [0.2, 0.25) is 5.02 Å². The van der Waals surface area contributed by atoms with Gasteiger partial charge >= 0.3 is 0 Å². The van der Waals surface area contributed by atoms with Crippen molar-refractivity contribution in [2.45, 2.75) is 6.54 Å². The van der Waals surface area contributed by atoms with Crippen LogP contribution in [-0.4, -0.2) is 15.0 Å². The third kappa shape index (κ3) is 3.38. The Bertz CT molecular complexity index is 1360. The molecule has 0 amide bonds. The molecule has 8 nitrogen and oxygen atoms in total. The second-order valence-electron chi connectivity index (χ2n) is 6.47. The number of hydrogen-bond donors (Lipinski definition) is 4. The summed E-state index contributed by atoms with van der Waals surface area (Å²) in [5.41, 5.74) is 13.8. The van der Waals surface area contributed by atoms with Gasteiger partial charge in [-0.1, -0.05) is 48.0 Å². The number of para-hydroxylation sites is 1. The van der Waals surface area contributed by atoms with E-state index < -0.39 is 0 Å². The van der Waals surface area contributed by atoms with Gasteiger partial charge in [0.15, 0.2) is 5.43 Å². The highest BCUT2D eigenvalue weighted by molar-refractivity contribution is 6.35. The van der Waals surface area contributed by atoms with Crippen LogP contribution in [0.5, 0.6) is 0 Å². The molecule has 4 rings (SSSR count). The van der Waals surface area contributed by atoms with Gasteiger partial charge in [-0.05, 0) is 17.7 Å². The number of H-pyrrole nitrogens is 1. The fourth-order valence-corrected chi connectivity index (χ4v) is 3.45. The Morgan fingerprint density at radius 3 is 2.60 bits per heavy atom. The number of nitrogen functional groups attached to an aromatic ring is 2. The molecule has 0 atom stereocenters. The van der Waals surface area contributed by atoms with Gasteiger partial charge < -0.3 is 21.8 Å². The number of nitrogens with zero attached hydrogens (tertiary/aromatic N) is 3. The first-order valence-electron chi connectivity index (χ1n) is 8.92. The molecule has 30 heavy (non-hydrogen) atoms. The molecule has 0 fully saturated rings. The zero-order valence-corrected chi connectivity index (χ0v) is 16.4. The lowest BCUT2D eigenvalue weighted by molar-refractivity contribution is 1.08. The molecule has 2 aromatic heterocycles. The number of halogens is 1. The highest BCUT2D eigenvalue weighted by Gasteiger charge is 2.17. The van der Waals surface area contributed by atoms with E-state index in [2.05, 4.69) is 25.1 Å². The van der Waals surface area contributed by atoms with Crippen molar-refractivity contribution in [2.24, 2.45) is 0 Å². The smallest absolute Gasteiger partial charge is 0.268 e. The molecule has 0 saturated heterocycles. The van der Waals surface area contributed by atoms with E-state index in [4.69, 9.17) is 29.6 Å². The van der Waals surface area contributed by atoms with Crippen molar-refractivity contribution in [3.8, 4) is 11.3 Å². The molecule has 0 aliphatic rings. The minimum Gasteiger partial charge on any atom is -0.392 e. The highest BCUT2D eigenvalue weighted by atomic mass is 35.5. The predicted molar refractivity (Wildman–Crippen MR) is 119 cm³/mol. The number of aromatic nitrogens is 3. The molecule has 0 spiro atoms. The predicted octanol–water partition coefficient (Wildman–Crippen LogP) is 3.97. The number of nitrogens with one attached hydrogen (secondary N) is 2. The molecular formula is C21H16ClN7O. The second kappa shape index (κ2) is 7.73. The number of hydrogen-bond acceptors (Lipinski definition) is 6. The van der Waals surface area contributed by atoms with E-state index in [0.717, 1.165) is 5.56 Å². The van der Waals surface area contributed by atoms with Gasteiger partial charge in [0.05, 0.1) is 22.8 Å². The molecule has 0 bridgehead atoms. The van der Waals surface area contributed by atoms with Gasteiger partial charge in [-0.3, -0.25) is 4.79 Å². The van der Waals surface area contributed by atoms with Gasteiger partial charge in [0.25, 0.3) is 5.69 Å². The summed E-state index contributed by atoms with van der Waals surface area (Å²) in [4.78, 5) is 27.8. The number of rotatable bonds is 4. The van der Waals surface area contributed by atoms with E-state index in [1.165, 1.54) is 0 Å². The maximum Gasteiger partial charge on any atom is 0.268 e. The van der Waals surface area contributed by atoms with Crippen LogP contribution in [-0.2, 0) is 6.54 Å². The van der Waals surface area contributed by atoms with E-state index in [-0.39, 0.29) is 35.2 Å². The molecule has 0 radical (unpaired) electrons.